The number of hydrogen-bond acceptors (Lipinski definition) is 0. The summed E-state index contributed by atoms with van der Waals surface area (Å²) in [4.78, 5) is 0. The molecule has 0 saturated heterocycles. The molecule has 0 bridgehead atoms. The molecule has 6 rings (SSSR count). The summed E-state index contributed by atoms with van der Waals surface area (Å²) in [6, 6.07) is 46.3. The topological polar surface area (TPSA) is 7.76 Å². The van der Waals surface area contributed by atoms with Crippen molar-refractivity contribution in [1.29, 1.82) is 0 Å². The molecular formula is C38H42Fe2I2N2. The van der Waals surface area contributed by atoms with Gasteiger partial charge in [0.1, 0.15) is 13.1 Å². The van der Waals surface area contributed by atoms with Crippen molar-refractivity contribution in [3.63, 3.8) is 0 Å². The van der Waals surface area contributed by atoms with Crippen molar-refractivity contribution in [3.05, 3.63) is 169 Å². The van der Waals surface area contributed by atoms with Gasteiger partial charge in [-0.05, 0) is 24.0 Å². The monoisotopic (exact) mass is 892 g/mol. The van der Waals surface area contributed by atoms with Gasteiger partial charge in [0.2, 0.25) is 0 Å². The molecule has 2 heterocycles. The summed E-state index contributed by atoms with van der Waals surface area (Å²) < 4.78 is 4.59. The van der Waals surface area contributed by atoms with Gasteiger partial charge in [-0.15, -0.1) is 0 Å². The molecule has 4 aromatic carbocycles. The van der Waals surface area contributed by atoms with Gasteiger partial charge in [-0.25, -0.2) is 57.7 Å². The van der Waals surface area contributed by atoms with Crippen LogP contribution in [0.1, 0.15) is 36.8 Å². The van der Waals surface area contributed by atoms with Crippen molar-refractivity contribution in [2.45, 2.75) is 51.6 Å². The number of hydrogen-bond donors (Lipinski definition) is 0. The maximum atomic E-state index is 2.30. The van der Waals surface area contributed by atoms with E-state index >= 15 is 0 Å². The van der Waals surface area contributed by atoms with Gasteiger partial charge in [0.25, 0.3) is 0 Å². The summed E-state index contributed by atoms with van der Waals surface area (Å²) >= 11 is 0. The number of aryl methyl sites for hydroxylation is 4. The first-order valence-electron chi connectivity index (χ1n) is 14.6. The van der Waals surface area contributed by atoms with E-state index in [1.807, 2.05) is 60.7 Å². The van der Waals surface area contributed by atoms with E-state index in [0.717, 1.165) is 13.1 Å². The van der Waals surface area contributed by atoms with E-state index in [9.17, 15) is 0 Å². The molecule has 2 aromatic heterocycles. The van der Waals surface area contributed by atoms with Crippen LogP contribution in [0.5, 0.6) is 0 Å². The summed E-state index contributed by atoms with van der Waals surface area (Å²) in [5.74, 6) is 0. The van der Waals surface area contributed by atoms with Gasteiger partial charge in [0, 0.05) is 37.1 Å². The summed E-state index contributed by atoms with van der Waals surface area (Å²) in [5, 5.41) is 0. The Morgan fingerprint density at radius 2 is 0.795 bits per heavy atom. The molecular weight excluding hydrogens is 850 g/mol. The smallest absolute Gasteiger partial charge is 1.00 e. The zero-order chi connectivity index (χ0) is 27.5. The Labute approximate surface area is 320 Å². The Balaban J connectivity index is 0.00000112. The predicted octanol–water partition coefficient (Wildman–Crippen LogP) is 2.23. The van der Waals surface area contributed by atoms with Crippen LogP contribution in [0.2, 0.25) is 0 Å². The number of aromatic nitrogens is 2. The number of nitrogens with zero attached hydrogens (tertiary/aromatic N) is 2. The van der Waals surface area contributed by atoms with E-state index in [1.54, 1.807) is 0 Å². The van der Waals surface area contributed by atoms with E-state index in [1.165, 1.54) is 60.8 Å². The summed E-state index contributed by atoms with van der Waals surface area (Å²) in [6.45, 7) is 2.17. The largest absolute Gasteiger partial charge is 2.00 e. The van der Waals surface area contributed by atoms with Crippen molar-refractivity contribution in [3.8, 4) is 11.1 Å². The third-order valence-electron chi connectivity index (χ3n) is 6.95. The Morgan fingerprint density at radius 3 is 1.07 bits per heavy atom. The molecule has 44 heavy (non-hydrogen) atoms. The Hall–Kier alpha value is -1.80. The van der Waals surface area contributed by atoms with Crippen molar-refractivity contribution < 1.29 is 91.2 Å². The van der Waals surface area contributed by atoms with Crippen LogP contribution in [0.15, 0.2) is 158 Å². The Bertz CT molecular complexity index is 1220. The normalized spacial score (nSPS) is 9.36. The number of unbranched alkanes of at least 4 members (excludes halogenated alkanes) is 2. The van der Waals surface area contributed by atoms with Crippen molar-refractivity contribution in [1.82, 2.24) is 0 Å². The van der Waals surface area contributed by atoms with Gasteiger partial charge in [-0.1, -0.05) is 12.8 Å². The fourth-order valence-corrected chi connectivity index (χ4v) is 4.65. The third kappa shape index (κ3) is 17.0. The first kappa shape index (κ1) is 42.2. The molecule has 6 aromatic rings. The SMILES string of the molecule is [Fe+2].[Fe+2].[I-].[I-].c1c[cH-]c(CCCC[n+]2ccc(-c3cc[n+](CCCCc4ccc[cH-]4)cc3)cc2)c1.c1cc[cH-]c1.c1cc[cH-]c1. The first-order chi connectivity index (χ1) is 19.9. The summed E-state index contributed by atoms with van der Waals surface area (Å²) in [6.07, 6.45) is 16.1. The van der Waals surface area contributed by atoms with E-state index < -0.39 is 0 Å². The molecule has 0 spiro atoms. The minimum absolute atomic E-state index is 0. The molecule has 0 saturated carbocycles. The van der Waals surface area contributed by atoms with Crippen LogP contribution in [0.3, 0.4) is 0 Å². The van der Waals surface area contributed by atoms with Gasteiger partial charge in [-0.3, -0.25) is 0 Å². The van der Waals surface area contributed by atoms with Crippen LogP contribution in [0, 0.1) is 0 Å². The van der Waals surface area contributed by atoms with E-state index in [0.29, 0.717) is 0 Å². The Kier molecular flexibility index (Phi) is 25.3. The van der Waals surface area contributed by atoms with Crippen molar-refractivity contribution in [2.75, 3.05) is 0 Å². The molecule has 234 valence electrons. The van der Waals surface area contributed by atoms with Crippen LogP contribution in [0.25, 0.3) is 11.1 Å². The van der Waals surface area contributed by atoms with Crippen molar-refractivity contribution >= 4 is 0 Å². The van der Waals surface area contributed by atoms with Crippen LogP contribution >= 0.6 is 0 Å². The minimum atomic E-state index is 0. The van der Waals surface area contributed by atoms with E-state index in [4.69, 9.17) is 0 Å². The molecule has 0 fully saturated rings. The van der Waals surface area contributed by atoms with Crippen LogP contribution in [0.4, 0.5) is 0 Å². The molecule has 6 heteroatoms. The average molecular weight is 892 g/mol. The maximum absolute atomic E-state index is 2.30. The van der Waals surface area contributed by atoms with Crippen LogP contribution in [-0.4, -0.2) is 0 Å². The van der Waals surface area contributed by atoms with Gasteiger partial charge in [-0.2, -0.15) is 71.8 Å². The van der Waals surface area contributed by atoms with Gasteiger partial charge >= 0.3 is 34.1 Å². The zero-order valence-electron chi connectivity index (χ0n) is 25.0. The molecule has 0 atom stereocenters. The molecule has 0 unspecified atom stereocenters. The summed E-state index contributed by atoms with van der Waals surface area (Å²) in [7, 11) is 0. The third-order valence-corrected chi connectivity index (χ3v) is 6.95. The van der Waals surface area contributed by atoms with Crippen LogP contribution in [-0.2, 0) is 60.1 Å². The molecule has 0 radical (unpaired) electrons. The zero-order valence-corrected chi connectivity index (χ0v) is 31.5. The van der Waals surface area contributed by atoms with E-state index in [-0.39, 0.29) is 82.1 Å². The van der Waals surface area contributed by atoms with Gasteiger partial charge in [0.15, 0.2) is 24.8 Å². The average Bonchev–Trinajstić information content (AvgIpc) is 3.84. The number of pyridine rings is 2. The van der Waals surface area contributed by atoms with Gasteiger partial charge < -0.3 is 48.0 Å². The first-order valence-corrected chi connectivity index (χ1v) is 14.6. The molecule has 0 aliphatic carbocycles. The maximum Gasteiger partial charge on any atom is 2.00 e. The Morgan fingerprint density at radius 1 is 0.432 bits per heavy atom. The molecule has 0 amide bonds. The standard InChI is InChI=1S/C28H32N2.2C5H5.2Fe.2HI/c1-2-10-25(9-1)13-5-7-19-29-21-15-27(16-22-29)28-17-23-30(24-18-28)20-8-6-14-26-11-3-4-12-26;2*1-2-4-5-3-1;;;;/h1-4,9-12,15-18,21-24H,5-8,13-14,19-20H2;2*1-5H;;;2*1H/q;2*-1;2*+2;;/p-2. The van der Waals surface area contributed by atoms with Crippen LogP contribution < -0.4 is 57.1 Å². The quantitative estimate of drug-likeness (QED) is 0.0621. The van der Waals surface area contributed by atoms with Gasteiger partial charge in [0.05, 0.1) is 0 Å². The van der Waals surface area contributed by atoms with E-state index in [2.05, 4.69) is 107 Å². The predicted molar refractivity (Wildman–Crippen MR) is 166 cm³/mol. The number of rotatable bonds is 11. The molecule has 0 aliphatic rings. The second kappa shape index (κ2) is 26.4. The molecule has 2 nitrogen and oxygen atoms in total. The second-order valence-corrected chi connectivity index (χ2v) is 10.1. The summed E-state index contributed by atoms with van der Waals surface area (Å²) in [5.41, 5.74) is 5.48. The fraction of sp³-hybridized carbons (Fsp3) is 0.211. The number of halogens is 2. The fourth-order valence-electron chi connectivity index (χ4n) is 4.65. The molecule has 0 aliphatic heterocycles. The van der Waals surface area contributed by atoms with Crippen molar-refractivity contribution in [2.24, 2.45) is 0 Å². The molecule has 0 N–H and O–H groups in total. The minimum Gasteiger partial charge on any atom is -1.00 e. The second-order valence-electron chi connectivity index (χ2n) is 10.1.